The molecule has 0 bridgehead atoms. The zero-order valence-electron chi connectivity index (χ0n) is 19.7. The standard InChI is InChI=1S/C24H23F2N5S.C2H6/c1-32-21-4-2-3-18(11-21)22-13-29-31-14-19(12-28-23(22)31)17-5-7-20(8-6-17)24(25,26)15-30-10-9-27-16-30;1-2/h2-8,11-14,27H,9-10,15-16H2,1H3;1-2H3/p+1. The van der Waals surface area contributed by atoms with E-state index in [4.69, 9.17) is 0 Å². The molecule has 34 heavy (non-hydrogen) atoms. The Bertz CT molecular complexity index is 1230. The molecule has 1 fully saturated rings. The summed E-state index contributed by atoms with van der Waals surface area (Å²) in [6.07, 6.45) is 7.71. The molecule has 0 unspecified atom stereocenters. The summed E-state index contributed by atoms with van der Waals surface area (Å²) in [5, 5.41) is 6.31. The summed E-state index contributed by atoms with van der Waals surface area (Å²) in [5.41, 5.74) is 4.65. The van der Waals surface area contributed by atoms with Gasteiger partial charge in [0.05, 0.1) is 23.9 Å². The van der Waals surface area contributed by atoms with Gasteiger partial charge in [0, 0.05) is 30.2 Å². The minimum absolute atomic E-state index is 0.0330. The first-order chi connectivity index (χ1) is 16.5. The number of fused-ring (bicyclic) bond motifs is 1. The fourth-order valence-corrected chi connectivity index (χ4v) is 4.50. The fraction of sp³-hybridized carbons (Fsp3) is 0.308. The number of hydrogen-bond donors (Lipinski definition) is 2. The molecule has 1 aliphatic heterocycles. The molecule has 1 aliphatic rings. The van der Waals surface area contributed by atoms with Gasteiger partial charge in [-0.2, -0.15) is 8.78 Å². The molecule has 2 aromatic heterocycles. The molecule has 2 N–H and O–H groups in total. The topological polar surface area (TPSA) is 48.1 Å². The lowest BCUT2D eigenvalue weighted by molar-refractivity contribution is -0.578. The van der Waals surface area contributed by atoms with Crippen LogP contribution in [0.3, 0.4) is 0 Å². The molecule has 5 nitrogen and oxygen atoms in total. The van der Waals surface area contributed by atoms with Crippen molar-refractivity contribution >= 4 is 17.4 Å². The highest BCUT2D eigenvalue weighted by atomic mass is 32.2. The molecule has 8 heteroatoms. The number of alkyl halides is 2. The summed E-state index contributed by atoms with van der Waals surface area (Å²) in [7, 11) is 0. The highest BCUT2D eigenvalue weighted by Crippen LogP contribution is 2.31. The van der Waals surface area contributed by atoms with Gasteiger partial charge in [0.25, 0.3) is 5.92 Å². The number of H-pyrrole nitrogens is 1. The zero-order chi connectivity index (χ0) is 24.1. The van der Waals surface area contributed by atoms with E-state index >= 15 is 0 Å². The van der Waals surface area contributed by atoms with Crippen molar-refractivity contribution in [1.29, 1.82) is 0 Å². The Morgan fingerprint density at radius 1 is 1.09 bits per heavy atom. The summed E-state index contributed by atoms with van der Waals surface area (Å²) < 4.78 is 31.2. The van der Waals surface area contributed by atoms with Crippen molar-refractivity contribution in [2.75, 3.05) is 32.6 Å². The van der Waals surface area contributed by atoms with Crippen LogP contribution in [0.15, 0.2) is 72.0 Å². The number of halogens is 2. The second kappa shape index (κ2) is 10.6. The molecule has 3 heterocycles. The van der Waals surface area contributed by atoms with E-state index in [1.807, 2.05) is 36.8 Å². The summed E-state index contributed by atoms with van der Waals surface area (Å²) in [6.45, 7) is 5.64. The third-order valence-corrected chi connectivity index (χ3v) is 6.52. The minimum Gasteiger partial charge on any atom is -0.303 e. The van der Waals surface area contributed by atoms with Gasteiger partial charge in [-0.15, -0.1) is 16.3 Å². The van der Waals surface area contributed by atoms with Gasteiger partial charge < -0.3 is 5.32 Å². The van der Waals surface area contributed by atoms with Crippen LogP contribution in [0.25, 0.3) is 27.9 Å². The van der Waals surface area contributed by atoms with Crippen molar-refractivity contribution in [3.8, 4) is 22.3 Å². The van der Waals surface area contributed by atoms with Gasteiger partial charge in [-0.25, -0.2) is 5.10 Å². The molecule has 0 spiro atoms. The smallest absolute Gasteiger partial charge is 0.303 e. The first-order valence-corrected chi connectivity index (χ1v) is 12.7. The van der Waals surface area contributed by atoms with Crippen molar-refractivity contribution in [1.82, 2.24) is 20.3 Å². The third-order valence-electron chi connectivity index (χ3n) is 5.79. The summed E-state index contributed by atoms with van der Waals surface area (Å²) >= 11 is 1.70. The Hall–Kier alpha value is -2.81. The second-order valence-corrected chi connectivity index (χ2v) is 8.83. The van der Waals surface area contributed by atoms with Crippen LogP contribution >= 0.6 is 11.8 Å². The maximum absolute atomic E-state index is 14.7. The lowest BCUT2D eigenvalue weighted by Gasteiger charge is -2.23. The lowest BCUT2D eigenvalue weighted by Crippen LogP contribution is -2.34. The number of thioether (sulfide) groups is 1. The number of nitrogens with one attached hydrogen (secondary N) is 2. The average Bonchev–Trinajstić information content (AvgIpc) is 3.54. The third kappa shape index (κ3) is 5.14. The van der Waals surface area contributed by atoms with E-state index in [9.17, 15) is 8.78 Å². The minimum atomic E-state index is -2.89. The van der Waals surface area contributed by atoms with E-state index < -0.39 is 5.92 Å². The summed E-state index contributed by atoms with van der Waals surface area (Å²) in [4.78, 5) is 7.58. The molecule has 178 valence electrons. The Balaban J connectivity index is 0.00000133. The monoisotopic (exact) mass is 482 g/mol. The molecular formula is C26H30F2N5S+. The summed E-state index contributed by atoms with van der Waals surface area (Å²) in [5.74, 6) is -2.89. The van der Waals surface area contributed by atoms with E-state index in [0.29, 0.717) is 13.2 Å². The lowest BCUT2D eigenvalue weighted by atomic mass is 10.0. The average molecular weight is 483 g/mol. The predicted molar refractivity (Wildman–Crippen MR) is 134 cm³/mol. The number of hydrogen-bond acceptors (Lipinski definition) is 4. The van der Waals surface area contributed by atoms with Gasteiger partial charge >= 0.3 is 5.65 Å². The van der Waals surface area contributed by atoms with Gasteiger partial charge in [0.15, 0.2) is 6.20 Å². The first-order valence-electron chi connectivity index (χ1n) is 11.5. The Labute approximate surface area is 203 Å². The van der Waals surface area contributed by atoms with Crippen molar-refractivity contribution in [2.24, 2.45) is 0 Å². The van der Waals surface area contributed by atoms with Crippen molar-refractivity contribution in [2.45, 2.75) is 24.7 Å². The van der Waals surface area contributed by atoms with E-state index in [0.717, 1.165) is 34.4 Å². The van der Waals surface area contributed by atoms with Crippen molar-refractivity contribution < 1.29 is 13.3 Å². The molecule has 4 aromatic rings. The van der Waals surface area contributed by atoms with Crippen molar-refractivity contribution in [3.63, 3.8) is 0 Å². The number of aromatic nitrogens is 3. The molecule has 0 saturated carbocycles. The van der Waals surface area contributed by atoms with Gasteiger partial charge in [-0.3, -0.25) is 4.90 Å². The highest BCUT2D eigenvalue weighted by molar-refractivity contribution is 7.98. The highest BCUT2D eigenvalue weighted by Gasteiger charge is 2.34. The van der Waals surface area contributed by atoms with Crippen LogP contribution in [0, 0.1) is 0 Å². The maximum atomic E-state index is 14.7. The molecular weight excluding hydrogens is 452 g/mol. The molecule has 1 saturated heterocycles. The van der Waals surface area contributed by atoms with E-state index in [1.165, 1.54) is 17.0 Å². The van der Waals surface area contributed by atoms with Crippen LogP contribution in [0.5, 0.6) is 0 Å². The van der Waals surface area contributed by atoms with Crippen LogP contribution in [0.1, 0.15) is 19.4 Å². The number of benzene rings is 2. The molecule has 2 aromatic carbocycles. The van der Waals surface area contributed by atoms with Gasteiger partial charge in [0.2, 0.25) is 0 Å². The van der Waals surface area contributed by atoms with E-state index in [-0.39, 0.29) is 12.1 Å². The SMILES string of the molecule is CC.CSc1cccc(-c2c[nH][n+]3cc(-c4ccc(C(F)(F)CN5CCNC5)cc4)cnc23)c1. The van der Waals surface area contributed by atoms with Crippen molar-refractivity contribution in [3.05, 3.63) is 72.7 Å². The number of aromatic amines is 1. The second-order valence-electron chi connectivity index (χ2n) is 7.95. The molecule has 5 rings (SSSR count). The van der Waals surface area contributed by atoms with Crippen LogP contribution in [-0.4, -0.2) is 47.5 Å². The summed E-state index contributed by atoms with van der Waals surface area (Å²) in [6, 6.07) is 14.8. The largest absolute Gasteiger partial charge is 0.355 e. The predicted octanol–water partition coefficient (Wildman–Crippen LogP) is 5.19. The van der Waals surface area contributed by atoms with Crippen LogP contribution in [-0.2, 0) is 5.92 Å². The van der Waals surface area contributed by atoms with E-state index in [1.54, 1.807) is 35.0 Å². The maximum Gasteiger partial charge on any atom is 0.355 e. The molecule has 0 aliphatic carbocycles. The zero-order valence-corrected chi connectivity index (χ0v) is 20.5. The number of nitrogens with zero attached hydrogens (tertiary/aromatic N) is 3. The quantitative estimate of drug-likeness (QED) is 0.294. The number of rotatable bonds is 6. The van der Waals surface area contributed by atoms with Gasteiger partial charge in [-0.05, 0) is 34.5 Å². The molecule has 0 amide bonds. The van der Waals surface area contributed by atoms with Gasteiger partial charge in [0.1, 0.15) is 6.20 Å². The van der Waals surface area contributed by atoms with Gasteiger partial charge in [-0.1, -0.05) is 50.2 Å². The van der Waals surface area contributed by atoms with Crippen LogP contribution in [0.4, 0.5) is 8.78 Å². The van der Waals surface area contributed by atoms with Crippen LogP contribution in [0.2, 0.25) is 0 Å². The Morgan fingerprint density at radius 2 is 1.88 bits per heavy atom. The molecule has 0 atom stereocenters. The Morgan fingerprint density at radius 3 is 2.59 bits per heavy atom. The Kier molecular flexibility index (Phi) is 7.60. The normalized spacial score (nSPS) is 14.3. The molecule has 0 radical (unpaired) electrons. The van der Waals surface area contributed by atoms with E-state index in [2.05, 4.69) is 39.9 Å². The van der Waals surface area contributed by atoms with Crippen LogP contribution < -0.4 is 9.83 Å². The fourth-order valence-electron chi connectivity index (χ4n) is 4.04. The first kappa shape index (κ1) is 24.3.